The molecule has 0 amide bonds. The van der Waals surface area contributed by atoms with Crippen molar-refractivity contribution in [1.29, 1.82) is 0 Å². The lowest BCUT2D eigenvalue weighted by atomic mass is 10.2. The van der Waals surface area contributed by atoms with E-state index in [0.717, 1.165) is 31.4 Å². The minimum atomic E-state index is 0.491. The normalized spacial score (nSPS) is 27.2. The molecule has 1 aromatic heterocycles. The van der Waals surface area contributed by atoms with Crippen molar-refractivity contribution >= 4 is 11.6 Å². The summed E-state index contributed by atoms with van der Waals surface area (Å²) in [5, 5.41) is 0.491. The van der Waals surface area contributed by atoms with E-state index in [0.29, 0.717) is 5.22 Å². The molecule has 4 nitrogen and oxygen atoms in total. The first-order chi connectivity index (χ1) is 9.20. The minimum Gasteiger partial charge on any atom is -0.448 e. The Kier molecular flexibility index (Phi) is 4.12. The Balaban J connectivity index is 1.50. The number of nitrogens with zero attached hydrogens (tertiary/aromatic N) is 3. The molecular weight excluding hydrogens is 262 g/mol. The fourth-order valence-electron chi connectivity index (χ4n) is 3.10. The molecule has 0 aromatic carbocycles. The lowest BCUT2D eigenvalue weighted by Gasteiger charge is -2.36. The van der Waals surface area contributed by atoms with Crippen LogP contribution in [-0.4, -0.2) is 67.1 Å². The molecule has 2 aliphatic heterocycles. The first kappa shape index (κ1) is 13.4. The first-order valence-electron chi connectivity index (χ1n) is 7.10. The number of furan rings is 1. The Hall–Kier alpha value is -0.550. The molecule has 0 spiro atoms. The largest absolute Gasteiger partial charge is 0.448 e. The van der Waals surface area contributed by atoms with Crippen LogP contribution in [0.2, 0.25) is 5.22 Å². The van der Waals surface area contributed by atoms with Gasteiger partial charge in [0.05, 0.1) is 6.54 Å². The van der Waals surface area contributed by atoms with Crippen molar-refractivity contribution in [2.45, 2.75) is 19.0 Å². The van der Waals surface area contributed by atoms with Gasteiger partial charge in [-0.25, -0.2) is 0 Å². The van der Waals surface area contributed by atoms with Gasteiger partial charge in [0, 0.05) is 45.3 Å². The van der Waals surface area contributed by atoms with Crippen LogP contribution < -0.4 is 0 Å². The summed E-state index contributed by atoms with van der Waals surface area (Å²) in [6, 6.07) is 4.52. The van der Waals surface area contributed by atoms with Crippen molar-refractivity contribution in [3.8, 4) is 0 Å². The topological polar surface area (TPSA) is 22.9 Å². The van der Waals surface area contributed by atoms with Crippen molar-refractivity contribution < 1.29 is 4.42 Å². The van der Waals surface area contributed by atoms with Gasteiger partial charge >= 0.3 is 0 Å². The van der Waals surface area contributed by atoms with E-state index in [-0.39, 0.29) is 0 Å². The average molecular weight is 284 g/mol. The Morgan fingerprint density at radius 3 is 2.68 bits per heavy atom. The molecule has 1 atom stereocenters. The highest BCUT2D eigenvalue weighted by molar-refractivity contribution is 6.28. The Morgan fingerprint density at radius 1 is 1.21 bits per heavy atom. The van der Waals surface area contributed by atoms with Crippen molar-refractivity contribution in [3.63, 3.8) is 0 Å². The monoisotopic (exact) mass is 283 g/mol. The lowest BCUT2D eigenvalue weighted by Crippen LogP contribution is -2.49. The molecule has 0 saturated carbocycles. The summed E-state index contributed by atoms with van der Waals surface area (Å²) in [4.78, 5) is 7.53. The van der Waals surface area contributed by atoms with Gasteiger partial charge in [-0.3, -0.25) is 9.80 Å². The zero-order valence-electron chi connectivity index (χ0n) is 11.5. The predicted molar refractivity (Wildman–Crippen MR) is 76.5 cm³/mol. The molecule has 2 aliphatic rings. The Morgan fingerprint density at radius 2 is 2.00 bits per heavy atom. The van der Waals surface area contributed by atoms with Gasteiger partial charge in [-0.05, 0) is 37.2 Å². The number of halogens is 1. The SMILES string of the molecule is CN1CCN([C@H]2CCN(Cc3ccc(Cl)o3)C2)CC1. The van der Waals surface area contributed by atoms with Crippen molar-refractivity contribution in [2.75, 3.05) is 46.3 Å². The van der Waals surface area contributed by atoms with Crippen LogP contribution in [-0.2, 0) is 6.54 Å². The minimum absolute atomic E-state index is 0.491. The summed E-state index contributed by atoms with van der Waals surface area (Å²) in [6.07, 6.45) is 1.28. The van der Waals surface area contributed by atoms with Crippen LogP contribution >= 0.6 is 11.6 Å². The van der Waals surface area contributed by atoms with Gasteiger partial charge < -0.3 is 9.32 Å². The molecule has 0 bridgehead atoms. The van der Waals surface area contributed by atoms with Crippen LogP contribution in [0.4, 0.5) is 0 Å². The maximum atomic E-state index is 5.81. The highest BCUT2D eigenvalue weighted by Crippen LogP contribution is 2.21. The van der Waals surface area contributed by atoms with Crippen LogP contribution in [0.25, 0.3) is 0 Å². The average Bonchev–Trinajstić information content (AvgIpc) is 3.00. The van der Waals surface area contributed by atoms with Crippen LogP contribution in [0.15, 0.2) is 16.5 Å². The molecule has 2 fully saturated rings. The van der Waals surface area contributed by atoms with E-state index in [1.807, 2.05) is 12.1 Å². The van der Waals surface area contributed by atoms with E-state index in [4.69, 9.17) is 16.0 Å². The van der Waals surface area contributed by atoms with E-state index in [1.54, 1.807) is 0 Å². The van der Waals surface area contributed by atoms with Gasteiger partial charge in [-0.15, -0.1) is 0 Å². The highest BCUT2D eigenvalue weighted by atomic mass is 35.5. The molecule has 0 N–H and O–H groups in total. The zero-order valence-corrected chi connectivity index (χ0v) is 12.3. The second-order valence-corrected chi connectivity index (χ2v) is 6.10. The molecule has 3 heterocycles. The van der Waals surface area contributed by atoms with E-state index < -0.39 is 0 Å². The van der Waals surface area contributed by atoms with E-state index in [1.165, 1.54) is 32.6 Å². The van der Waals surface area contributed by atoms with Gasteiger partial charge in [0.2, 0.25) is 0 Å². The Bertz CT molecular complexity index is 415. The number of piperazine rings is 1. The first-order valence-corrected chi connectivity index (χ1v) is 7.47. The fourth-order valence-corrected chi connectivity index (χ4v) is 3.26. The number of hydrogen-bond donors (Lipinski definition) is 0. The van der Waals surface area contributed by atoms with Gasteiger partial charge in [0.1, 0.15) is 5.76 Å². The van der Waals surface area contributed by atoms with Gasteiger partial charge in [-0.1, -0.05) is 0 Å². The predicted octanol–water partition coefficient (Wildman–Crippen LogP) is 1.75. The van der Waals surface area contributed by atoms with E-state index >= 15 is 0 Å². The molecule has 0 radical (unpaired) electrons. The standard InChI is InChI=1S/C14H22ClN3O/c1-16-6-8-18(9-7-16)12-4-5-17(10-12)11-13-2-3-14(15)19-13/h2-3,12H,4-11H2,1H3/t12-/m0/s1. The van der Waals surface area contributed by atoms with Crippen LogP contribution in [0.5, 0.6) is 0 Å². The molecule has 5 heteroatoms. The summed E-state index contributed by atoms with van der Waals surface area (Å²) in [5.41, 5.74) is 0. The molecule has 0 unspecified atom stereocenters. The molecule has 106 valence electrons. The molecular formula is C14H22ClN3O. The smallest absolute Gasteiger partial charge is 0.193 e. The number of rotatable bonds is 3. The van der Waals surface area contributed by atoms with Crippen molar-refractivity contribution in [2.24, 2.45) is 0 Å². The Labute approximate surface area is 119 Å². The summed E-state index contributed by atoms with van der Waals surface area (Å²) in [5.74, 6) is 0.976. The number of likely N-dealkylation sites (tertiary alicyclic amines) is 1. The third-order valence-corrected chi connectivity index (χ3v) is 4.51. The van der Waals surface area contributed by atoms with Crippen molar-refractivity contribution in [3.05, 3.63) is 23.1 Å². The fraction of sp³-hybridized carbons (Fsp3) is 0.714. The molecule has 1 aromatic rings. The number of hydrogen-bond acceptors (Lipinski definition) is 4. The summed E-state index contributed by atoms with van der Waals surface area (Å²) < 4.78 is 5.44. The highest BCUT2D eigenvalue weighted by Gasteiger charge is 2.29. The number of likely N-dealkylation sites (N-methyl/N-ethyl adjacent to an activating group) is 1. The quantitative estimate of drug-likeness (QED) is 0.843. The second kappa shape index (κ2) is 5.83. The maximum Gasteiger partial charge on any atom is 0.193 e. The van der Waals surface area contributed by atoms with Gasteiger partial charge in [0.25, 0.3) is 0 Å². The van der Waals surface area contributed by atoms with E-state index in [9.17, 15) is 0 Å². The lowest BCUT2D eigenvalue weighted by molar-refractivity contribution is 0.112. The third kappa shape index (κ3) is 3.31. The van der Waals surface area contributed by atoms with Gasteiger partial charge in [-0.2, -0.15) is 0 Å². The van der Waals surface area contributed by atoms with Crippen LogP contribution in [0.1, 0.15) is 12.2 Å². The zero-order chi connectivity index (χ0) is 13.2. The van der Waals surface area contributed by atoms with Crippen molar-refractivity contribution in [1.82, 2.24) is 14.7 Å². The van der Waals surface area contributed by atoms with Crippen LogP contribution in [0.3, 0.4) is 0 Å². The third-order valence-electron chi connectivity index (χ3n) is 4.31. The van der Waals surface area contributed by atoms with Gasteiger partial charge in [0.15, 0.2) is 5.22 Å². The van der Waals surface area contributed by atoms with Crippen LogP contribution in [0, 0.1) is 0 Å². The van der Waals surface area contributed by atoms with E-state index in [2.05, 4.69) is 21.7 Å². The maximum absolute atomic E-state index is 5.81. The molecule has 19 heavy (non-hydrogen) atoms. The summed E-state index contributed by atoms with van der Waals surface area (Å²) in [6.45, 7) is 8.02. The molecule has 3 rings (SSSR count). The second-order valence-electron chi connectivity index (χ2n) is 5.72. The summed E-state index contributed by atoms with van der Waals surface area (Å²) >= 11 is 5.81. The molecule has 2 saturated heterocycles. The molecule has 0 aliphatic carbocycles. The summed E-state index contributed by atoms with van der Waals surface area (Å²) in [7, 11) is 2.21.